The van der Waals surface area contributed by atoms with Gasteiger partial charge in [-0.3, -0.25) is 4.79 Å². The fraction of sp³-hybridized carbons (Fsp3) is 0.542. The first-order valence-electron chi connectivity index (χ1n) is 11.8. The quantitative estimate of drug-likeness (QED) is 0.571. The number of aromatic nitrogens is 5. The second-order valence-corrected chi connectivity index (χ2v) is 9.51. The second-order valence-electron chi connectivity index (χ2n) is 9.51. The zero-order valence-electron chi connectivity index (χ0n) is 18.6. The first-order chi connectivity index (χ1) is 16.2. The predicted octanol–water partition coefficient (Wildman–Crippen LogP) is 3.02. The molecule has 2 aromatic heterocycles. The van der Waals surface area contributed by atoms with Gasteiger partial charge in [-0.1, -0.05) is 35.5 Å². The number of nitrogens with zero attached hydrogens (tertiary/aromatic N) is 6. The van der Waals surface area contributed by atoms with Crippen molar-refractivity contribution in [3.8, 4) is 11.4 Å². The molecule has 1 saturated carbocycles. The Balaban J connectivity index is 1.16. The van der Waals surface area contributed by atoms with E-state index in [0.29, 0.717) is 37.1 Å². The van der Waals surface area contributed by atoms with Crippen LogP contribution in [0.5, 0.6) is 0 Å². The molecular formula is C24H28N6O3. The van der Waals surface area contributed by atoms with Gasteiger partial charge in [0.2, 0.25) is 17.6 Å². The molecule has 0 bridgehead atoms. The van der Waals surface area contributed by atoms with Crippen LogP contribution in [0.15, 0.2) is 41.2 Å². The lowest BCUT2D eigenvalue weighted by atomic mass is 9.71. The summed E-state index contributed by atoms with van der Waals surface area (Å²) < 4.78 is 13.3. The van der Waals surface area contributed by atoms with Gasteiger partial charge in [-0.25, -0.2) is 0 Å². The highest BCUT2D eigenvalue weighted by Gasteiger charge is 2.51. The van der Waals surface area contributed by atoms with Crippen molar-refractivity contribution < 1.29 is 14.1 Å². The summed E-state index contributed by atoms with van der Waals surface area (Å²) in [6.45, 7) is 2.90. The molecule has 1 spiro atoms. The van der Waals surface area contributed by atoms with E-state index in [9.17, 15) is 4.79 Å². The van der Waals surface area contributed by atoms with Gasteiger partial charge in [0.05, 0.1) is 0 Å². The Hall–Kier alpha value is -3.07. The van der Waals surface area contributed by atoms with E-state index in [4.69, 9.17) is 9.26 Å². The predicted molar refractivity (Wildman–Crippen MR) is 118 cm³/mol. The summed E-state index contributed by atoms with van der Waals surface area (Å²) in [5, 5.41) is 12.8. The molecule has 3 aliphatic rings. The molecular weight excluding hydrogens is 420 g/mol. The standard InChI is InChI=1S/C24H28N6O3/c31-21(9-8-20-26-22(28-33-20)17-4-2-1-3-5-17)29-14-19(24(15-29)10-12-32-13-11-24)23-27-25-16-30(23)18-6-7-18/h1-5,16,18-19H,6-15H2. The Morgan fingerprint density at radius 1 is 1.15 bits per heavy atom. The molecule has 1 aromatic carbocycles. The van der Waals surface area contributed by atoms with Gasteiger partial charge < -0.3 is 18.7 Å². The number of hydrogen-bond acceptors (Lipinski definition) is 7. The molecule has 172 valence electrons. The van der Waals surface area contributed by atoms with Crippen LogP contribution in [0.3, 0.4) is 0 Å². The average molecular weight is 449 g/mol. The van der Waals surface area contributed by atoms with Gasteiger partial charge >= 0.3 is 0 Å². The lowest BCUT2D eigenvalue weighted by Gasteiger charge is -2.37. The Labute approximate surface area is 192 Å². The fourth-order valence-electron chi connectivity index (χ4n) is 5.37. The fourth-order valence-corrected chi connectivity index (χ4v) is 5.37. The third kappa shape index (κ3) is 3.94. The third-order valence-electron chi connectivity index (χ3n) is 7.39. The number of hydrogen-bond donors (Lipinski definition) is 0. The SMILES string of the molecule is O=C(CCc1nc(-c2ccccc2)no1)N1CC(c2nncn2C2CC2)C2(CCOCC2)C1. The van der Waals surface area contributed by atoms with E-state index < -0.39 is 0 Å². The maximum atomic E-state index is 13.2. The number of benzene rings is 1. The van der Waals surface area contributed by atoms with Gasteiger partial charge in [0, 0.05) is 62.1 Å². The lowest BCUT2D eigenvalue weighted by Crippen LogP contribution is -2.37. The highest BCUT2D eigenvalue weighted by Crippen LogP contribution is 2.50. The van der Waals surface area contributed by atoms with Crippen molar-refractivity contribution in [2.75, 3.05) is 26.3 Å². The van der Waals surface area contributed by atoms with Gasteiger partial charge in [0.15, 0.2) is 0 Å². The molecule has 0 radical (unpaired) electrons. The summed E-state index contributed by atoms with van der Waals surface area (Å²) in [7, 11) is 0. The van der Waals surface area contributed by atoms with Crippen LogP contribution in [0.25, 0.3) is 11.4 Å². The van der Waals surface area contributed by atoms with E-state index in [-0.39, 0.29) is 17.2 Å². The molecule has 1 aliphatic carbocycles. The molecule has 9 nitrogen and oxygen atoms in total. The molecule has 2 aliphatic heterocycles. The highest BCUT2D eigenvalue weighted by molar-refractivity contribution is 5.77. The molecule has 2 saturated heterocycles. The minimum Gasteiger partial charge on any atom is -0.381 e. The maximum absolute atomic E-state index is 13.2. The first-order valence-corrected chi connectivity index (χ1v) is 11.8. The summed E-state index contributed by atoms with van der Waals surface area (Å²) in [6, 6.07) is 10.2. The normalized spacial score (nSPS) is 22.2. The van der Waals surface area contributed by atoms with Crippen molar-refractivity contribution in [3.05, 3.63) is 48.4 Å². The largest absolute Gasteiger partial charge is 0.381 e. The monoisotopic (exact) mass is 448 g/mol. The molecule has 33 heavy (non-hydrogen) atoms. The van der Waals surface area contributed by atoms with E-state index in [1.54, 1.807) is 0 Å². The Bertz CT molecular complexity index is 1120. The van der Waals surface area contributed by atoms with Crippen molar-refractivity contribution in [1.29, 1.82) is 0 Å². The topological polar surface area (TPSA) is 99.2 Å². The molecule has 1 unspecified atom stereocenters. The van der Waals surface area contributed by atoms with Gasteiger partial charge in [-0.15, -0.1) is 10.2 Å². The Morgan fingerprint density at radius 2 is 1.97 bits per heavy atom. The molecule has 3 aromatic rings. The van der Waals surface area contributed by atoms with Crippen molar-refractivity contribution >= 4 is 5.91 Å². The number of likely N-dealkylation sites (tertiary alicyclic amines) is 1. The Morgan fingerprint density at radius 3 is 2.76 bits per heavy atom. The van der Waals surface area contributed by atoms with E-state index in [1.165, 1.54) is 12.8 Å². The first kappa shape index (κ1) is 20.5. The lowest BCUT2D eigenvalue weighted by molar-refractivity contribution is -0.131. The summed E-state index contributed by atoms with van der Waals surface area (Å²) in [6.07, 6.45) is 6.92. The molecule has 3 fully saturated rings. The van der Waals surface area contributed by atoms with Crippen molar-refractivity contribution in [3.63, 3.8) is 0 Å². The number of rotatable bonds is 6. The molecule has 6 rings (SSSR count). The van der Waals surface area contributed by atoms with Crippen LogP contribution in [0, 0.1) is 5.41 Å². The molecule has 1 atom stereocenters. The third-order valence-corrected chi connectivity index (χ3v) is 7.39. The minimum atomic E-state index is 0.0125. The van der Waals surface area contributed by atoms with Crippen LogP contribution < -0.4 is 0 Å². The van der Waals surface area contributed by atoms with Gasteiger partial charge in [-0.05, 0) is 25.7 Å². The number of aryl methyl sites for hydroxylation is 1. The van der Waals surface area contributed by atoms with E-state index in [0.717, 1.165) is 44.0 Å². The molecule has 0 N–H and O–H groups in total. The minimum absolute atomic E-state index is 0.0125. The van der Waals surface area contributed by atoms with E-state index in [1.807, 2.05) is 41.6 Å². The van der Waals surface area contributed by atoms with Crippen LogP contribution in [-0.2, 0) is 16.0 Å². The van der Waals surface area contributed by atoms with Crippen LogP contribution >= 0.6 is 0 Å². The van der Waals surface area contributed by atoms with Crippen molar-refractivity contribution in [2.24, 2.45) is 5.41 Å². The molecule has 9 heteroatoms. The summed E-state index contributed by atoms with van der Waals surface area (Å²) in [4.78, 5) is 19.7. The van der Waals surface area contributed by atoms with Crippen LogP contribution in [0.2, 0.25) is 0 Å². The van der Waals surface area contributed by atoms with Crippen molar-refractivity contribution in [1.82, 2.24) is 29.8 Å². The Kier molecular flexibility index (Phi) is 5.21. The summed E-state index contributed by atoms with van der Waals surface area (Å²) in [5.41, 5.74) is 0.917. The average Bonchev–Trinajstić information content (AvgIpc) is 3.24. The number of carbonyl (C=O) groups excluding carboxylic acids is 1. The van der Waals surface area contributed by atoms with Gasteiger partial charge in [-0.2, -0.15) is 4.98 Å². The zero-order valence-corrected chi connectivity index (χ0v) is 18.6. The number of amides is 1. The number of ether oxygens (including phenoxy) is 1. The van der Waals surface area contributed by atoms with Crippen LogP contribution in [0.1, 0.15) is 55.8 Å². The zero-order chi connectivity index (χ0) is 22.3. The van der Waals surface area contributed by atoms with Gasteiger partial charge in [0.25, 0.3) is 0 Å². The number of carbonyl (C=O) groups is 1. The maximum Gasteiger partial charge on any atom is 0.227 e. The van der Waals surface area contributed by atoms with E-state index in [2.05, 4.69) is 24.9 Å². The second kappa shape index (κ2) is 8.37. The van der Waals surface area contributed by atoms with E-state index >= 15 is 0 Å². The summed E-state index contributed by atoms with van der Waals surface area (Å²) >= 11 is 0. The summed E-state index contributed by atoms with van der Waals surface area (Å²) in [5.74, 6) is 2.41. The highest BCUT2D eigenvalue weighted by atomic mass is 16.5. The molecule has 4 heterocycles. The van der Waals surface area contributed by atoms with Gasteiger partial charge in [0.1, 0.15) is 12.2 Å². The van der Waals surface area contributed by atoms with Crippen molar-refractivity contribution in [2.45, 2.75) is 50.5 Å². The molecule has 1 amide bonds. The smallest absolute Gasteiger partial charge is 0.227 e. The van der Waals surface area contributed by atoms with Crippen LogP contribution in [-0.4, -0.2) is 62.0 Å². The van der Waals surface area contributed by atoms with Crippen LogP contribution in [0.4, 0.5) is 0 Å².